The number of nitrogens with two attached hydrogens (primary N) is 1. The molecule has 0 saturated carbocycles. The number of rotatable bonds is 2. The molecule has 0 unspecified atom stereocenters. The van der Waals surface area contributed by atoms with Crippen molar-refractivity contribution in [2.24, 2.45) is 5.73 Å². The van der Waals surface area contributed by atoms with Gasteiger partial charge in [-0.1, -0.05) is 12.1 Å². The third-order valence-corrected chi connectivity index (χ3v) is 3.17. The summed E-state index contributed by atoms with van der Waals surface area (Å²) in [7, 11) is 1.66. The number of benzene rings is 1. The van der Waals surface area contributed by atoms with Crippen molar-refractivity contribution < 1.29 is 4.74 Å². The summed E-state index contributed by atoms with van der Waals surface area (Å²) in [5.41, 5.74) is 7.82. The molecule has 0 spiro atoms. The Hall–Kier alpha value is -0.540. The highest BCUT2D eigenvalue weighted by atomic mass is 79.9. The van der Waals surface area contributed by atoms with Crippen LogP contribution in [-0.2, 0) is 5.54 Å². The van der Waals surface area contributed by atoms with Crippen molar-refractivity contribution in [2.75, 3.05) is 7.11 Å². The Labute approximate surface area is 93.6 Å². The van der Waals surface area contributed by atoms with Crippen molar-refractivity contribution in [1.29, 1.82) is 0 Å². The topological polar surface area (TPSA) is 35.2 Å². The average Bonchev–Trinajstić information content (AvgIpc) is 2.07. The van der Waals surface area contributed by atoms with E-state index in [-0.39, 0.29) is 5.54 Å². The lowest BCUT2D eigenvalue weighted by molar-refractivity contribution is 0.391. The Morgan fingerprint density at radius 2 is 1.93 bits per heavy atom. The van der Waals surface area contributed by atoms with Gasteiger partial charge in [-0.15, -0.1) is 0 Å². The van der Waals surface area contributed by atoms with E-state index in [1.54, 1.807) is 7.11 Å². The quantitative estimate of drug-likeness (QED) is 0.885. The maximum absolute atomic E-state index is 6.05. The van der Waals surface area contributed by atoms with Crippen molar-refractivity contribution in [3.05, 3.63) is 27.7 Å². The van der Waals surface area contributed by atoms with Crippen LogP contribution in [0.2, 0.25) is 0 Å². The molecule has 0 radical (unpaired) electrons. The fourth-order valence-electron chi connectivity index (χ4n) is 1.36. The largest absolute Gasteiger partial charge is 0.495 e. The molecular formula is C11H16BrNO. The molecule has 0 bridgehead atoms. The van der Waals surface area contributed by atoms with Crippen molar-refractivity contribution in [2.45, 2.75) is 26.3 Å². The highest BCUT2D eigenvalue weighted by molar-refractivity contribution is 9.10. The monoisotopic (exact) mass is 257 g/mol. The van der Waals surface area contributed by atoms with Crippen LogP contribution in [0.5, 0.6) is 5.75 Å². The molecule has 0 aliphatic carbocycles. The molecule has 0 aromatic heterocycles. The Bertz CT molecular complexity index is 342. The van der Waals surface area contributed by atoms with Crippen LogP contribution in [0.25, 0.3) is 0 Å². The Morgan fingerprint density at radius 3 is 2.36 bits per heavy atom. The molecular weight excluding hydrogens is 242 g/mol. The summed E-state index contributed by atoms with van der Waals surface area (Å²) >= 11 is 3.50. The molecule has 3 heteroatoms. The second-order valence-corrected chi connectivity index (χ2v) is 4.79. The molecule has 1 aromatic rings. The van der Waals surface area contributed by atoms with Crippen LogP contribution in [0.15, 0.2) is 16.6 Å². The maximum atomic E-state index is 6.05. The maximum Gasteiger partial charge on any atom is 0.138 e. The first-order valence-electron chi connectivity index (χ1n) is 4.50. The summed E-state index contributed by atoms with van der Waals surface area (Å²) in [6, 6.07) is 4.05. The van der Waals surface area contributed by atoms with Gasteiger partial charge < -0.3 is 10.5 Å². The number of halogens is 1. The van der Waals surface area contributed by atoms with E-state index in [1.807, 2.05) is 32.9 Å². The van der Waals surface area contributed by atoms with Crippen LogP contribution in [0.4, 0.5) is 0 Å². The van der Waals surface area contributed by atoms with Crippen molar-refractivity contribution in [3.8, 4) is 5.75 Å². The summed E-state index contributed by atoms with van der Waals surface area (Å²) in [5, 5.41) is 0. The second-order valence-electron chi connectivity index (χ2n) is 4.00. The average molecular weight is 258 g/mol. The number of hydrogen-bond acceptors (Lipinski definition) is 2. The van der Waals surface area contributed by atoms with Crippen molar-refractivity contribution in [1.82, 2.24) is 0 Å². The molecule has 2 nitrogen and oxygen atoms in total. The number of ether oxygens (including phenoxy) is 1. The zero-order chi connectivity index (χ0) is 10.9. The lowest BCUT2D eigenvalue weighted by Crippen LogP contribution is -2.29. The van der Waals surface area contributed by atoms with Crippen molar-refractivity contribution >= 4 is 15.9 Å². The van der Waals surface area contributed by atoms with Crippen LogP contribution in [0.1, 0.15) is 25.0 Å². The molecule has 0 heterocycles. The minimum absolute atomic E-state index is 0.387. The van der Waals surface area contributed by atoms with Crippen LogP contribution in [0.3, 0.4) is 0 Å². The third-order valence-electron chi connectivity index (χ3n) is 2.19. The normalized spacial score (nSPS) is 11.6. The minimum atomic E-state index is -0.387. The van der Waals surface area contributed by atoms with E-state index in [0.717, 1.165) is 21.3 Å². The molecule has 0 amide bonds. The molecule has 2 N–H and O–H groups in total. The van der Waals surface area contributed by atoms with Gasteiger partial charge in [0.25, 0.3) is 0 Å². The van der Waals surface area contributed by atoms with Gasteiger partial charge in [-0.05, 0) is 42.3 Å². The summed E-state index contributed by atoms with van der Waals surface area (Å²) in [6.07, 6.45) is 0. The highest BCUT2D eigenvalue weighted by Gasteiger charge is 2.21. The smallest absolute Gasteiger partial charge is 0.138 e. The van der Waals surface area contributed by atoms with Crippen LogP contribution in [0, 0.1) is 6.92 Å². The lowest BCUT2D eigenvalue weighted by Gasteiger charge is -2.23. The zero-order valence-electron chi connectivity index (χ0n) is 9.02. The van der Waals surface area contributed by atoms with Crippen LogP contribution >= 0.6 is 15.9 Å². The SMILES string of the molecule is COc1c(C(C)(C)N)ccc(C)c1Br. The van der Waals surface area contributed by atoms with Gasteiger partial charge >= 0.3 is 0 Å². The first-order valence-corrected chi connectivity index (χ1v) is 5.29. The lowest BCUT2D eigenvalue weighted by atomic mass is 9.94. The van der Waals surface area contributed by atoms with E-state index >= 15 is 0 Å². The molecule has 0 aliphatic rings. The first kappa shape index (κ1) is 11.5. The van der Waals surface area contributed by atoms with Gasteiger partial charge in [0.2, 0.25) is 0 Å². The van der Waals surface area contributed by atoms with Gasteiger partial charge in [-0.25, -0.2) is 0 Å². The second kappa shape index (κ2) is 3.91. The Balaban J connectivity index is 3.39. The van der Waals surface area contributed by atoms with Crippen LogP contribution < -0.4 is 10.5 Å². The Morgan fingerprint density at radius 1 is 1.36 bits per heavy atom. The Kier molecular flexibility index (Phi) is 3.22. The van der Waals surface area contributed by atoms with E-state index in [0.29, 0.717) is 0 Å². The van der Waals surface area contributed by atoms with E-state index in [9.17, 15) is 0 Å². The van der Waals surface area contributed by atoms with Gasteiger partial charge in [0.05, 0.1) is 11.6 Å². The van der Waals surface area contributed by atoms with Gasteiger partial charge in [-0.2, -0.15) is 0 Å². The minimum Gasteiger partial charge on any atom is -0.495 e. The van der Waals surface area contributed by atoms with E-state index in [1.165, 1.54) is 0 Å². The highest BCUT2D eigenvalue weighted by Crippen LogP contribution is 2.36. The summed E-state index contributed by atoms with van der Waals surface area (Å²) in [5.74, 6) is 0.831. The first-order chi connectivity index (χ1) is 6.38. The third kappa shape index (κ3) is 2.10. The van der Waals surface area contributed by atoms with E-state index in [2.05, 4.69) is 15.9 Å². The molecule has 14 heavy (non-hydrogen) atoms. The number of hydrogen-bond donors (Lipinski definition) is 1. The summed E-state index contributed by atoms with van der Waals surface area (Å²) in [6.45, 7) is 5.96. The van der Waals surface area contributed by atoms with Gasteiger partial charge in [0.1, 0.15) is 5.75 Å². The van der Waals surface area contributed by atoms with Crippen molar-refractivity contribution in [3.63, 3.8) is 0 Å². The summed E-state index contributed by atoms with van der Waals surface area (Å²) < 4.78 is 6.34. The molecule has 78 valence electrons. The molecule has 0 aliphatic heterocycles. The summed E-state index contributed by atoms with van der Waals surface area (Å²) in [4.78, 5) is 0. The van der Waals surface area contributed by atoms with Crippen LogP contribution in [-0.4, -0.2) is 7.11 Å². The predicted molar refractivity (Wildman–Crippen MR) is 62.6 cm³/mol. The zero-order valence-corrected chi connectivity index (χ0v) is 10.6. The molecule has 1 aromatic carbocycles. The van der Waals surface area contributed by atoms with Gasteiger partial charge in [0, 0.05) is 11.1 Å². The van der Waals surface area contributed by atoms with Gasteiger partial charge in [0.15, 0.2) is 0 Å². The van der Waals surface area contributed by atoms with E-state index < -0.39 is 0 Å². The molecule has 1 rings (SSSR count). The van der Waals surface area contributed by atoms with Gasteiger partial charge in [-0.3, -0.25) is 0 Å². The molecule has 0 fully saturated rings. The number of aryl methyl sites for hydroxylation is 1. The predicted octanol–water partition coefficient (Wildman–Crippen LogP) is 2.96. The van der Waals surface area contributed by atoms with E-state index in [4.69, 9.17) is 10.5 Å². The fraction of sp³-hybridized carbons (Fsp3) is 0.455. The standard InChI is InChI=1S/C11H16BrNO/c1-7-5-6-8(11(2,3)13)10(14-4)9(7)12/h5-6H,13H2,1-4H3. The fourth-order valence-corrected chi connectivity index (χ4v) is 1.87. The molecule has 0 saturated heterocycles. The molecule has 0 atom stereocenters. The number of methoxy groups -OCH3 is 1.